The summed E-state index contributed by atoms with van der Waals surface area (Å²) in [6.45, 7) is 6.46. The second-order valence-electron chi connectivity index (χ2n) is 5.68. The molecule has 0 bridgehead atoms. The molecule has 2 aromatic rings. The standard InChI is InChI=1S/C20H26N2O2/c1-3-14-22(15-4-2)18-12-10-17(11-13-18)21-20(23)16-24-19-8-6-5-7-9-19/h5-13H,3-4,14-16H2,1-2H3,(H,21,23). The molecule has 1 N–H and O–H groups in total. The normalized spacial score (nSPS) is 10.2. The van der Waals surface area contributed by atoms with Gasteiger partial charge in [-0.15, -0.1) is 0 Å². The van der Waals surface area contributed by atoms with Gasteiger partial charge in [0.15, 0.2) is 6.61 Å². The SMILES string of the molecule is CCCN(CCC)c1ccc(NC(=O)COc2ccccc2)cc1. The summed E-state index contributed by atoms with van der Waals surface area (Å²) in [6.07, 6.45) is 2.24. The summed E-state index contributed by atoms with van der Waals surface area (Å²) in [5, 5.41) is 2.86. The maximum absolute atomic E-state index is 12.0. The van der Waals surface area contributed by atoms with Gasteiger partial charge in [-0.05, 0) is 49.2 Å². The maximum atomic E-state index is 12.0. The van der Waals surface area contributed by atoms with Gasteiger partial charge in [-0.25, -0.2) is 0 Å². The molecule has 0 atom stereocenters. The lowest BCUT2D eigenvalue weighted by atomic mass is 10.2. The summed E-state index contributed by atoms with van der Waals surface area (Å²) in [6, 6.07) is 17.3. The third-order valence-electron chi connectivity index (χ3n) is 3.62. The van der Waals surface area contributed by atoms with Crippen LogP contribution in [0.5, 0.6) is 5.75 Å². The van der Waals surface area contributed by atoms with E-state index < -0.39 is 0 Å². The van der Waals surface area contributed by atoms with Crippen LogP contribution >= 0.6 is 0 Å². The molecule has 1 amide bonds. The number of benzene rings is 2. The third-order valence-corrected chi connectivity index (χ3v) is 3.62. The molecule has 24 heavy (non-hydrogen) atoms. The van der Waals surface area contributed by atoms with Gasteiger partial charge in [-0.3, -0.25) is 4.79 Å². The number of anilines is 2. The van der Waals surface area contributed by atoms with Gasteiger partial charge in [0.1, 0.15) is 5.75 Å². The van der Waals surface area contributed by atoms with Crippen LogP contribution in [0.1, 0.15) is 26.7 Å². The van der Waals surface area contributed by atoms with E-state index >= 15 is 0 Å². The number of carbonyl (C=O) groups is 1. The molecule has 2 aromatic carbocycles. The van der Waals surface area contributed by atoms with Gasteiger partial charge in [0.25, 0.3) is 5.91 Å². The van der Waals surface area contributed by atoms with E-state index in [4.69, 9.17) is 4.74 Å². The Hall–Kier alpha value is -2.49. The maximum Gasteiger partial charge on any atom is 0.262 e. The molecule has 0 heterocycles. The first-order chi connectivity index (χ1) is 11.7. The fourth-order valence-electron chi connectivity index (χ4n) is 2.53. The highest BCUT2D eigenvalue weighted by molar-refractivity contribution is 5.92. The minimum Gasteiger partial charge on any atom is -0.484 e. The molecule has 0 aliphatic heterocycles. The molecule has 0 saturated heterocycles. The third kappa shape index (κ3) is 5.61. The van der Waals surface area contributed by atoms with Crippen molar-refractivity contribution in [3.63, 3.8) is 0 Å². The Bertz CT molecular complexity index is 605. The molecule has 0 radical (unpaired) electrons. The lowest BCUT2D eigenvalue weighted by Gasteiger charge is -2.24. The van der Waals surface area contributed by atoms with Gasteiger partial charge >= 0.3 is 0 Å². The number of nitrogens with zero attached hydrogens (tertiary/aromatic N) is 1. The topological polar surface area (TPSA) is 41.6 Å². The monoisotopic (exact) mass is 326 g/mol. The highest BCUT2D eigenvalue weighted by Crippen LogP contribution is 2.19. The van der Waals surface area contributed by atoms with Crippen molar-refractivity contribution in [1.29, 1.82) is 0 Å². The summed E-state index contributed by atoms with van der Waals surface area (Å²) in [7, 11) is 0. The molecule has 0 aromatic heterocycles. The fourth-order valence-corrected chi connectivity index (χ4v) is 2.53. The van der Waals surface area contributed by atoms with Crippen molar-refractivity contribution in [2.75, 3.05) is 29.9 Å². The van der Waals surface area contributed by atoms with E-state index in [0.29, 0.717) is 5.75 Å². The van der Waals surface area contributed by atoms with Crippen LogP contribution in [0.4, 0.5) is 11.4 Å². The van der Waals surface area contributed by atoms with Crippen molar-refractivity contribution < 1.29 is 9.53 Å². The Morgan fingerprint density at radius 1 is 0.958 bits per heavy atom. The molecule has 0 saturated carbocycles. The number of amides is 1. The number of carbonyl (C=O) groups excluding carboxylic acids is 1. The van der Waals surface area contributed by atoms with Gasteiger partial charge in [-0.2, -0.15) is 0 Å². The smallest absolute Gasteiger partial charge is 0.262 e. The Kier molecular flexibility index (Phi) is 7.15. The quantitative estimate of drug-likeness (QED) is 0.746. The number of hydrogen-bond acceptors (Lipinski definition) is 3. The van der Waals surface area contributed by atoms with E-state index in [1.807, 2.05) is 42.5 Å². The molecule has 4 nitrogen and oxygen atoms in total. The zero-order valence-corrected chi connectivity index (χ0v) is 14.5. The van der Waals surface area contributed by atoms with E-state index in [-0.39, 0.29) is 12.5 Å². The van der Waals surface area contributed by atoms with Gasteiger partial charge in [-0.1, -0.05) is 32.0 Å². The number of ether oxygens (including phenoxy) is 1. The number of rotatable bonds is 9. The Morgan fingerprint density at radius 3 is 2.17 bits per heavy atom. The predicted octanol–water partition coefficient (Wildman–Crippen LogP) is 4.33. The number of para-hydroxylation sites is 1. The Morgan fingerprint density at radius 2 is 1.58 bits per heavy atom. The van der Waals surface area contributed by atoms with Crippen LogP contribution in [-0.4, -0.2) is 25.6 Å². The molecule has 0 fully saturated rings. The molecule has 4 heteroatoms. The fraction of sp³-hybridized carbons (Fsp3) is 0.350. The summed E-state index contributed by atoms with van der Waals surface area (Å²) in [5.41, 5.74) is 1.98. The molecule has 0 unspecified atom stereocenters. The molecular weight excluding hydrogens is 300 g/mol. The summed E-state index contributed by atoms with van der Waals surface area (Å²) in [5.74, 6) is 0.531. The summed E-state index contributed by atoms with van der Waals surface area (Å²) in [4.78, 5) is 14.3. The first kappa shape index (κ1) is 17.9. The van der Waals surface area contributed by atoms with Crippen LogP contribution in [0.3, 0.4) is 0 Å². The van der Waals surface area contributed by atoms with Crippen LogP contribution in [0.15, 0.2) is 54.6 Å². The van der Waals surface area contributed by atoms with Crippen molar-refractivity contribution in [2.45, 2.75) is 26.7 Å². The Balaban J connectivity index is 1.87. The molecular formula is C20H26N2O2. The summed E-state index contributed by atoms with van der Waals surface area (Å²) < 4.78 is 5.45. The van der Waals surface area contributed by atoms with Crippen molar-refractivity contribution in [1.82, 2.24) is 0 Å². The number of hydrogen-bond donors (Lipinski definition) is 1. The molecule has 2 rings (SSSR count). The van der Waals surface area contributed by atoms with Crippen LogP contribution in [0.25, 0.3) is 0 Å². The number of nitrogens with one attached hydrogen (secondary N) is 1. The molecule has 128 valence electrons. The van der Waals surface area contributed by atoms with Crippen molar-refractivity contribution in [3.05, 3.63) is 54.6 Å². The first-order valence-corrected chi connectivity index (χ1v) is 8.55. The van der Waals surface area contributed by atoms with Gasteiger partial charge in [0.2, 0.25) is 0 Å². The van der Waals surface area contributed by atoms with E-state index in [1.165, 1.54) is 5.69 Å². The lowest BCUT2D eigenvalue weighted by Crippen LogP contribution is -2.24. The average Bonchev–Trinajstić information content (AvgIpc) is 2.61. The van der Waals surface area contributed by atoms with Crippen molar-refractivity contribution in [3.8, 4) is 5.75 Å². The molecule has 0 aliphatic carbocycles. The molecule has 0 spiro atoms. The zero-order chi connectivity index (χ0) is 17.2. The van der Waals surface area contributed by atoms with Crippen molar-refractivity contribution in [2.24, 2.45) is 0 Å². The zero-order valence-electron chi connectivity index (χ0n) is 14.5. The second-order valence-corrected chi connectivity index (χ2v) is 5.68. The van der Waals surface area contributed by atoms with Crippen LogP contribution < -0.4 is 15.0 Å². The van der Waals surface area contributed by atoms with E-state index in [1.54, 1.807) is 0 Å². The van der Waals surface area contributed by atoms with E-state index in [2.05, 4.69) is 36.2 Å². The van der Waals surface area contributed by atoms with E-state index in [9.17, 15) is 4.79 Å². The van der Waals surface area contributed by atoms with E-state index in [0.717, 1.165) is 31.6 Å². The van der Waals surface area contributed by atoms with Crippen molar-refractivity contribution >= 4 is 17.3 Å². The largest absolute Gasteiger partial charge is 0.484 e. The van der Waals surface area contributed by atoms with Crippen LogP contribution in [-0.2, 0) is 4.79 Å². The Labute approximate surface area is 144 Å². The second kappa shape index (κ2) is 9.60. The predicted molar refractivity (Wildman–Crippen MR) is 99.8 cm³/mol. The minimum atomic E-state index is -0.162. The van der Waals surface area contributed by atoms with Crippen LogP contribution in [0.2, 0.25) is 0 Å². The highest BCUT2D eigenvalue weighted by atomic mass is 16.5. The van der Waals surface area contributed by atoms with Crippen LogP contribution in [0, 0.1) is 0 Å². The van der Waals surface area contributed by atoms with Gasteiger partial charge < -0.3 is 15.0 Å². The summed E-state index contributed by atoms with van der Waals surface area (Å²) >= 11 is 0. The minimum absolute atomic E-state index is 0.00353. The first-order valence-electron chi connectivity index (χ1n) is 8.55. The van der Waals surface area contributed by atoms with Gasteiger partial charge in [0, 0.05) is 24.5 Å². The highest BCUT2D eigenvalue weighted by Gasteiger charge is 2.06. The average molecular weight is 326 g/mol. The lowest BCUT2D eigenvalue weighted by molar-refractivity contribution is -0.118. The van der Waals surface area contributed by atoms with Gasteiger partial charge in [0.05, 0.1) is 0 Å². The molecule has 0 aliphatic rings.